The van der Waals surface area contributed by atoms with Crippen molar-refractivity contribution in [3.05, 3.63) is 91.1 Å². The maximum Gasteiger partial charge on any atom is 0.569 e. The Balaban J connectivity index is 0.000000279. The lowest BCUT2D eigenvalue weighted by molar-refractivity contribution is 0.0584. The quantitative estimate of drug-likeness (QED) is 0.0916. The van der Waals surface area contributed by atoms with Gasteiger partial charge in [0.1, 0.15) is 16.2 Å². The molecule has 4 aromatic rings. The molecule has 0 aliphatic carbocycles. The molecule has 2 N–H and O–H groups in total. The Bertz CT molecular complexity index is 1710. The molecule has 0 aliphatic heterocycles. The first-order valence-electron chi connectivity index (χ1n) is 14.3. The smallest absolute Gasteiger partial charge is 0.535 e. The largest absolute Gasteiger partial charge is 0.569 e. The lowest BCUT2D eigenvalue weighted by atomic mass is 10.1. The summed E-state index contributed by atoms with van der Waals surface area (Å²) in [4.78, 5) is 39.9. The number of carbonyl (C=O) groups excluding carboxylic acids is 2. The molecular weight excluding hydrogens is 859 g/mol. The van der Waals surface area contributed by atoms with Crippen LogP contribution in [0.2, 0.25) is 0 Å². The van der Waals surface area contributed by atoms with Gasteiger partial charge in [-0.3, -0.25) is 4.98 Å². The van der Waals surface area contributed by atoms with Gasteiger partial charge in [0.2, 0.25) is 0 Å². The van der Waals surface area contributed by atoms with E-state index in [9.17, 15) is 18.4 Å². The molecule has 2 heterocycles. The van der Waals surface area contributed by atoms with Crippen LogP contribution in [0.4, 0.5) is 14.6 Å². The molecule has 0 aliphatic rings. The summed E-state index contributed by atoms with van der Waals surface area (Å²) < 4.78 is 52.2. The molecule has 19 heteroatoms. The highest BCUT2D eigenvalue weighted by molar-refractivity contribution is 9.11. The SMILES string of the molecule is COCCCc1ncc(-c2cc(Br)ccc2F)nc1C(=O)OC.COCCNc1ncc(Br)nc1C(=O)OC.O[B]Oc1cc(Br)ccc1F. The maximum atomic E-state index is 14.0. The number of anilines is 1. The molecule has 0 saturated heterocycles. The topological polar surface area (TPSA) is 164 Å². The minimum Gasteiger partial charge on any atom is -0.535 e. The highest BCUT2D eigenvalue weighted by Gasteiger charge is 2.19. The van der Waals surface area contributed by atoms with Crippen LogP contribution in [-0.2, 0) is 25.4 Å². The van der Waals surface area contributed by atoms with Crippen molar-refractivity contribution in [1.82, 2.24) is 19.9 Å². The zero-order valence-electron chi connectivity index (χ0n) is 27.2. The highest BCUT2D eigenvalue weighted by Crippen LogP contribution is 2.26. The molecule has 4 rings (SSSR count). The number of halogens is 5. The highest BCUT2D eigenvalue weighted by atomic mass is 79.9. The van der Waals surface area contributed by atoms with E-state index in [-0.39, 0.29) is 28.4 Å². The zero-order valence-corrected chi connectivity index (χ0v) is 32.0. The van der Waals surface area contributed by atoms with E-state index in [1.54, 1.807) is 32.4 Å². The summed E-state index contributed by atoms with van der Waals surface area (Å²) in [6, 6.07) is 8.70. The Morgan fingerprint density at radius 3 is 2.12 bits per heavy atom. The summed E-state index contributed by atoms with van der Waals surface area (Å²) >= 11 is 9.56. The van der Waals surface area contributed by atoms with Crippen molar-refractivity contribution in [3.8, 4) is 17.0 Å². The van der Waals surface area contributed by atoms with Crippen LogP contribution in [0, 0.1) is 11.6 Å². The number of hydrogen-bond donors (Lipinski definition) is 2. The van der Waals surface area contributed by atoms with E-state index >= 15 is 0 Å². The van der Waals surface area contributed by atoms with Crippen LogP contribution in [0.5, 0.6) is 5.75 Å². The van der Waals surface area contributed by atoms with Crippen molar-refractivity contribution in [1.29, 1.82) is 0 Å². The molecule has 1 radical (unpaired) electrons. The van der Waals surface area contributed by atoms with Crippen LogP contribution >= 0.6 is 47.8 Å². The summed E-state index contributed by atoms with van der Waals surface area (Å²) in [6.45, 7) is 1.60. The minimum absolute atomic E-state index is 0.0122. The maximum absolute atomic E-state index is 14.0. The number of hydrogen-bond acceptors (Lipinski definition) is 13. The number of benzene rings is 2. The zero-order chi connectivity index (χ0) is 37.1. The van der Waals surface area contributed by atoms with Crippen LogP contribution in [0.25, 0.3) is 11.3 Å². The van der Waals surface area contributed by atoms with E-state index < -0.39 is 23.6 Å². The monoisotopic (exact) mass is 888 g/mol. The molecule has 0 atom stereocenters. The van der Waals surface area contributed by atoms with E-state index in [4.69, 9.17) is 19.2 Å². The van der Waals surface area contributed by atoms with Crippen molar-refractivity contribution in [2.75, 3.05) is 53.5 Å². The number of methoxy groups -OCH3 is 4. The number of carbonyl (C=O) groups is 2. The normalized spacial score (nSPS) is 10.1. The van der Waals surface area contributed by atoms with Crippen molar-refractivity contribution in [2.45, 2.75) is 12.8 Å². The summed E-state index contributed by atoms with van der Waals surface area (Å²) in [5.74, 6) is -1.71. The Morgan fingerprint density at radius 2 is 1.48 bits per heavy atom. The molecule has 2 aromatic heterocycles. The van der Waals surface area contributed by atoms with Crippen LogP contribution in [0.3, 0.4) is 0 Å². The van der Waals surface area contributed by atoms with Gasteiger partial charge in [-0.05, 0) is 65.2 Å². The van der Waals surface area contributed by atoms with Gasteiger partial charge in [0.15, 0.2) is 23.0 Å². The van der Waals surface area contributed by atoms with Crippen LogP contribution in [0.1, 0.15) is 33.1 Å². The van der Waals surface area contributed by atoms with Crippen molar-refractivity contribution in [3.63, 3.8) is 0 Å². The third-order valence-corrected chi connectivity index (χ3v) is 7.36. The molecule has 0 bridgehead atoms. The van der Waals surface area contributed by atoms with E-state index in [2.05, 4.69) is 82.4 Å². The minimum atomic E-state index is -0.595. The van der Waals surface area contributed by atoms with Crippen molar-refractivity contribution < 1.29 is 47.0 Å². The first kappa shape index (κ1) is 42.6. The summed E-state index contributed by atoms with van der Waals surface area (Å²) in [5, 5.41) is 11.1. The second-order valence-electron chi connectivity index (χ2n) is 9.36. The molecule has 0 spiro atoms. The number of esters is 2. The number of aromatic nitrogens is 4. The summed E-state index contributed by atoms with van der Waals surface area (Å²) in [5.41, 5.74) is 1.29. The molecule has 0 saturated carbocycles. The van der Waals surface area contributed by atoms with E-state index in [0.29, 0.717) is 65.3 Å². The van der Waals surface area contributed by atoms with E-state index in [1.165, 1.54) is 44.8 Å². The Morgan fingerprint density at radius 1 is 0.840 bits per heavy atom. The second kappa shape index (κ2) is 23.0. The van der Waals surface area contributed by atoms with Gasteiger partial charge in [-0.25, -0.2) is 33.3 Å². The fourth-order valence-electron chi connectivity index (χ4n) is 3.70. The number of rotatable bonds is 13. The average Bonchev–Trinajstić information content (AvgIpc) is 3.11. The predicted molar refractivity (Wildman–Crippen MR) is 191 cm³/mol. The molecule has 267 valence electrons. The summed E-state index contributed by atoms with van der Waals surface area (Å²) in [6.07, 6.45) is 4.17. The Hall–Kier alpha value is -3.62. The number of nitrogens with one attached hydrogen (secondary N) is 1. The van der Waals surface area contributed by atoms with Gasteiger partial charge in [-0.2, -0.15) is 0 Å². The Labute approximate surface area is 313 Å². The third-order valence-electron chi connectivity index (χ3n) is 5.99. The third kappa shape index (κ3) is 14.0. The molecule has 0 amide bonds. The lowest BCUT2D eigenvalue weighted by Crippen LogP contribution is -2.15. The lowest BCUT2D eigenvalue weighted by Gasteiger charge is -2.09. The van der Waals surface area contributed by atoms with Gasteiger partial charge in [-0.15, -0.1) is 0 Å². The van der Waals surface area contributed by atoms with Gasteiger partial charge in [0, 0.05) is 41.9 Å². The first-order valence-corrected chi connectivity index (χ1v) is 16.7. The second-order valence-corrected chi connectivity index (χ2v) is 12.0. The standard InChI is InChI=1S/C16H16BrFN2O3.C9H12BrN3O3.C6H4BBrFO2/c1-22-7-3-4-13-15(16(21)23-2)20-14(9-19-13)11-8-10(17)5-6-12(11)18;1-15-4-3-11-8-7(9(14)16-2)13-6(10)5-12-8;8-4-1-2-5(9)6(3-4)11-7-10/h5-6,8-9H,3-4,7H2,1-2H3;5H,3-4H2,1-2H3,(H,11,12);1-3,10H. The van der Waals surface area contributed by atoms with Gasteiger partial charge in [0.25, 0.3) is 0 Å². The fourth-order valence-corrected chi connectivity index (χ4v) is 4.68. The predicted octanol–water partition coefficient (Wildman–Crippen LogP) is 5.99. The Kier molecular flexibility index (Phi) is 19.6. The molecule has 0 fully saturated rings. The number of nitrogens with zero attached hydrogens (tertiary/aromatic N) is 4. The first-order chi connectivity index (χ1) is 24.0. The number of aryl methyl sites for hydroxylation is 1. The van der Waals surface area contributed by atoms with Gasteiger partial charge >= 0.3 is 19.6 Å². The molecule has 50 heavy (non-hydrogen) atoms. The average molecular weight is 891 g/mol. The van der Waals surface area contributed by atoms with Crippen LogP contribution in [-0.4, -0.2) is 92.8 Å². The van der Waals surface area contributed by atoms with Crippen molar-refractivity contribution >= 4 is 73.2 Å². The van der Waals surface area contributed by atoms with Gasteiger partial charge < -0.3 is 33.9 Å². The van der Waals surface area contributed by atoms with Gasteiger partial charge in [0.05, 0.1) is 44.6 Å². The van der Waals surface area contributed by atoms with Crippen LogP contribution in [0.15, 0.2) is 62.3 Å². The number of ether oxygens (including phenoxy) is 4. The molecule has 0 unspecified atom stereocenters. The molecular formula is C31H32BBr3F2N5O8. The summed E-state index contributed by atoms with van der Waals surface area (Å²) in [7, 11) is 6.20. The van der Waals surface area contributed by atoms with E-state index in [1.807, 2.05) is 0 Å². The van der Waals surface area contributed by atoms with Crippen molar-refractivity contribution in [2.24, 2.45) is 0 Å². The van der Waals surface area contributed by atoms with Crippen LogP contribution < -0.4 is 9.97 Å². The van der Waals surface area contributed by atoms with Gasteiger partial charge in [-0.1, -0.05) is 31.9 Å². The van der Waals surface area contributed by atoms with E-state index in [0.717, 1.165) is 0 Å². The fraction of sp³-hybridized carbons (Fsp3) is 0.290. The molecule has 2 aromatic carbocycles. The molecule has 13 nitrogen and oxygen atoms in total.